The minimum absolute atomic E-state index is 0.173. The lowest BCUT2D eigenvalue weighted by Crippen LogP contribution is -2.42. The number of benzene rings is 6. The summed E-state index contributed by atoms with van der Waals surface area (Å²) in [5.74, 6) is 0. The Labute approximate surface area is 255 Å². The summed E-state index contributed by atoms with van der Waals surface area (Å²) < 4.78 is 2.50. The molecule has 1 heteroatoms. The highest BCUT2D eigenvalue weighted by atomic mass is 14.9. The first-order valence-corrected chi connectivity index (χ1v) is 15.6. The van der Waals surface area contributed by atoms with E-state index in [0.717, 1.165) is 6.42 Å². The Balaban J connectivity index is 1.41. The lowest BCUT2D eigenvalue weighted by atomic mass is 9.62. The molecule has 10 rings (SSSR count). The van der Waals surface area contributed by atoms with Crippen LogP contribution in [0.5, 0.6) is 0 Å². The summed E-state index contributed by atoms with van der Waals surface area (Å²) in [7, 11) is 0. The molecule has 0 saturated heterocycles. The zero-order chi connectivity index (χ0) is 29.0. The molecule has 2 aromatic heterocycles. The van der Waals surface area contributed by atoms with Crippen molar-refractivity contribution in [1.82, 2.24) is 4.40 Å². The van der Waals surface area contributed by atoms with Crippen molar-refractivity contribution in [1.29, 1.82) is 0 Å². The van der Waals surface area contributed by atoms with Crippen molar-refractivity contribution in [2.45, 2.75) is 13.3 Å². The molecule has 0 bridgehead atoms. The van der Waals surface area contributed by atoms with Crippen LogP contribution in [0.4, 0.5) is 0 Å². The topological polar surface area (TPSA) is 4.41 Å². The zero-order valence-corrected chi connectivity index (χ0v) is 24.5. The number of hydrogen-bond acceptors (Lipinski definition) is 0. The average Bonchev–Trinajstić information content (AvgIpc) is 3.59. The van der Waals surface area contributed by atoms with E-state index in [2.05, 4.69) is 157 Å². The molecule has 0 radical (unpaired) electrons. The molecule has 0 spiro atoms. The SMILES string of the molecule is CC12CC=CC=C1C(c1ccc3c4ccccc4n4c5ccccc5c1c34)=c1ccccc1=C2c1ccc2ccccc2c1. The summed E-state index contributed by atoms with van der Waals surface area (Å²) in [6.45, 7) is 2.46. The van der Waals surface area contributed by atoms with Crippen molar-refractivity contribution in [2.24, 2.45) is 5.41 Å². The maximum Gasteiger partial charge on any atom is 0.0626 e. The number of fused-ring (bicyclic) bond motifs is 9. The third-order valence-corrected chi connectivity index (χ3v) is 10.4. The third kappa shape index (κ3) is 2.99. The van der Waals surface area contributed by atoms with Crippen LogP contribution in [0.2, 0.25) is 0 Å². The predicted molar refractivity (Wildman–Crippen MR) is 186 cm³/mol. The second-order valence-corrected chi connectivity index (χ2v) is 12.7. The van der Waals surface area contributed by atoms with E-state index in [9.17, 15) is 0 Å². The zero-order valence-electron chi connectivity index (χ0n) is 24.5. The van der Waals surface area contributed by atoms with Gasteiger partial charge in [0.05, 0.1) is 16.6 Å². The van der Waals surface area contributed by atoms with Gasteiger partial charge in [-0.25, -0.2) is 0 Å². The van der Waals surface area contributed by atoms with Crippen molar-refractivity contribution in [3.05, 3.63) is 173 Å². The Morgan fingerprint density at radius 3 is 2.18 bits per heavy atom. The van der Waals surface area contributed by atoms with Gasteiger partial charge in [0.2, 0.25) is 0 Å². The van der Waals surface area contributed by atoms with Gasteiger partial charge in [0.1, 0.15) is 0 Å². The minimum atomic E-state index is -0.173. The fraction of sp³-hybridized carbons (Fsp3) is 0.0698. The van der Waals surface area contributed by atoms with E-state index in [-0.39, 0.29) is 5.41 Å². The van der Waals surface area contributed by atoms with Gasteiger partial charge >= 0.3 is 0 Å². The van der Waals surface area contributed by atoms with Crippen molar-refractivity contribution in [3.63, 3.8) is 0 Å². The van der Waals surface area contributed by atoms with Crippen LogP contribution in [0.15, 0.2) is 151 Å². The van der Waals surface area contributed by atoms with Crippen LogP contribution in [0.1, 0.15) is 24.5 Å². The highest BCUT2D eigenvalue weighted by Crippen LogP contribution is 2.52. The van der Waals surface area contributed by atoms with Gasteiger partial charge in [-0.15, -0.1) is 0 Å². The number of aromatic nitrogens is 1. The van der Waals surface area contributed by atoms with Crippen LogP contribution < -0.4 is 10.4 Å². The molecule has 2 heterocycles. The van der Waals surface area contributed by atoms with Gasteiger partial charge in [0.25, 0.3) is 0 Å². The van der Waals surface area contributed by atoms with Crippen LogP contribution >= 0.6 is 0 Å². The minimum Gasteiger partial charge on any atom is -0.308 e. The first kappa shape index (κ1) is 24.1. The molecule has 0 saturated carbocycles. The first-order valence-electron chi connectivity index (χ1n) is 15.6. The molecule has 1 nitrogen and oxygen atoms in total. The van der Waals surface area contributed by atoms with Gasteiger partial charge in [-0.3, -0.25) is 0 Å². The van der Waals surface area contributed by atoms with E-state index in [1.807, 2.05) is 0 Å². The fourth-order valence-electron chi connectivity index (χ4n) is 8.50. The molecular formula is C43H29N. The maximum atomic E-state index is 2.50. The van der Waals surface area contributed by atoms with Gasteiger partial charge < -0.3 is 4.40 Å². The molecule has 0 aliphatic heterocycles. The summed E-state index contributed by atoms with van der Waals surface area (Å²) in [5.41, 5.74) is 10.5. The molecule has 2 aliphatic rings. The third-order valence-electron chi connectivity index (χ3n) is 10.4. The molecule has 2 aliphatic carbocycles. The Hall–Kier alpha value is -5.40. The van der Waals surface area contributed by atoms with Crippen LogP contribution in [0.25, 0.3) is 60.0 Å². The number of para-hydroxylation sites is 2. The fourth-order valence-corrected chi connectivity index (χ4v) is 8.50. The van der Waals surface area contributed by atoms with Gasteiger partial charge in [-0.1, -0.05) is 134 Å². The molecule has 0 fully saturated rings. The van der Waals surface area contributed by atoms with Crippen LogP contribution in [0.3, 0.4) is 0 Å². The van der Waals surface area contributed by atoms with Crippen LogP contribution in [-0.2, 0) is 0 Å². The molecule has 8 aromatic rings. The number of hydrogen-bond donors (Lipinski definition) is 0. The Kier molecular flexibility index (Phi) is 4.70. The van der Waals surface area contributed by atoms with Gasteiger partial charge in [0, 0.05) is 27.0 Å². The highest BCUT2D eigenvalue weighted by molar-refractivity contribution is 6.26. The number of rotatable bonds is 2. The summed E-state index contributed by atoms with van der Waals surface area (Å²) in [6, 6.07) is 47.4. The van der Waals surface area contributed by atoms with E-state index in [1.165, 1.54) is 87.2 Å². The van der Waals surface area contributed by atoms with E-state index in [0.29, 0.717) is 0 Å². The molecule has 0 amide bonds. The average molecular weight is 560 g/mol. The van der Waals surface area contributed by atoms with Crippen LogP contribution in [-0.4, -0.2) is 4.40 Å². The lowest BCUT2D eigenvalue weighted by Gasteiger charge is -2.40. The molecule has 1 unspecified atom stereocenters. The predicted octanol–water partition coefficient (Wildman–Crippen LogP) is 9.29. The molecule has 6 aromatic carbocycles. The quantitative estimate of drug-likeness (QED) is 0.199. The van der Waals surface area contributed by atoms with Gasteiger partial charge in [-0.2, -0.15) is 0 Å². The molecular weight excluding hydrogens is 530 g/mol. The Morgan fingerprint density at radius 1 is 0.614 bits per heavy atom. The summed E-state index contributed by atoms with van der Waals surface area (Å²) in [4.78, 5) is 0. The second-order valence-electron chi connectivity index (χ2n) is 12.7. The van der Waals surface area contributed by atoms with E-state index in [4.69, 9.17) is 0 Å². The van der Waals surface area contributed by atoms with Crippen molar-refractivity contribution >= 4 is 60.0 Å². The lowest BCUT2D eigenvalue weighted by molar-refractivity contribution is 0.548. The summed E-state index contributed by atoms with van der Waals surface area (Å²) >= 11 is 0. The Bertz CT molecular complexity index is 2700. The van der Waals surface area contributed by atoms with Crippen molar-refractivity contribution in [3.8, 4) is 0 Å². The van der Waals surface area contributed by atoms with Crippen molar-refractivity contribution < 1.29 is 0 Å². The molecule has 0 N–H and O–H groups in total. The van der Waals surface area contributed by atoms with Gasteiger partial charge in [-0.05, 0) is 73.7 Å². The smallest absolute Gasteiger partial charge is 0.0626 e. The molecule has 1 atom stereocenters. The Morgan fingerprint density at radius 2 is 1.32 bits per heavy atom. The van der Waals surface area contributed by atoms with Gasteiger partial charge in [0.15, 0.2) is 0 Å². The van der Waals surface area contributed by atoms with Crippen molar-refractivity contribution in [2.75, 3.05) is 0 Å². The first-order chi connectivity index (χ1) is 21.7. The molecule has 206 valence electrons. The number of allylic oxidation sites excluding steroid dienone is 4. The largest absolute Gasteiger partial charge is 0.308 e. The standard InChI is InChI=1S/C43H29N/c1-43-25-11-10-18-36(43)39(31-15-4-5-16-32(31)41(43)29-22-21-27-12-2-3-13-28(27)26-29)35-24-23-33-30-14-6-8-19-37(30)44-38-20-9-7-17-34(38)40(35)42(33)44/h2-24,26H,25H2,1H3. The second kappa shape index (κ2) is 8.58. The van der Waals surface area contributed by atoms with E-state index < -0.39 is 0 Å². The monoisotopic (exact) mass is 559 g/mol. The number of nitrogens with zero attached hydrogens (tertiary/aromatic N) is 1. The molecule has 44 heavy (non-hydrogen) atoms. The van der Waals surface area contributed by atoms with Crippen LogP contribution in [0, 0.1) is 5.41 Å². The highest BCUT2D eigenvalue weighted by Gasteiger charge is 2.40. The van der Waals surface area contributed by atoms with E-state index >= 15 is 0 Å². The van der Waals surface area contributed by atoms with E-state index in [1.54, 1.807) is 0 Å². The summed E-state index contributed by atoms with van der Waals surface area (Å²) in [6.07, 6.45) is 7.98. The summed E-state index contributed by atoms with van der Waals surface area (Å²) in [5, 5.41) is 10.5. The normalized spacial score (nSPS) is 18.1. The maximum absolute atomic E-state index is 2.50.